The van der Waals surface area contributed by atoms with E-state index >= 15 is 0 Å². The molecule has 0 atom stereocenters. The summed E-state index contributed by atoms with van der Waals surface area (Å²) in [6, 6.07) is 14.3. The topological polar surface area (TPSA) is 59.1 Å². The highest BCUT2D eigenvalue weighted by Gasteiger charge is 2.00. The molecule has 2 aromatic rings. The van der Waals surface area contributed by atoms with Crippen molar-refractivity contribution in [1.82, 2.24) is 0 Å². The van der Waals surface area contributed by atoms with Gasteiger partial charge in [-0.25, -0.2) is 0 Å². The fourth-order valence-corrected chi connectivity index (χ4v) is 1.92. The molecule has 3 nitrogen and oxygen atoms in total. The number of nitrogens with two attached hydrogens (primary N) is 1. The van der Waals surface area contributed by atoms with E-state index in [1.54, 1.807) is 0 Å². The Balaban J connectivity index is 1.93. The van der Waals surface area contributed by atoms with Crippen LogP contribution in [0.5, 0.6) is 5.75 Å². The highest BCUT2D eigenvalue weighted by atomic mass is 16.5. The molecule has 2 rings (SSSR count). The number of nitrogens with one attached hydrogen (secondary N) is 1. The van der Waals surface area contributed by atoms with E-state index in [-0.39, 0.29) is 5.84 Å². The van der Waals surface area contributed by atoms with Crippen molar-refractivity contribution in [3.05, 3.63) is 42.5 Å². The first-order chi connectivity index (χ1) is 8.77. The van der Waals surface area contributed by atoms with E-state index < -0.39 is 0 Å². The van der Waals surface area contributed by atoms with E-state index in [9.17, 15) is 0 Å². The van der Waals surface area contributed by atoms with Gasteiger partial charge in [-0.1, -0.05) is 36.4 Å². The first-order valence-corrected chi connectivity index (χ1v) is 6.21. The predicted molar refractivity (Wildman–Crippen MR) is 75.2 cm³/mol. The van der Waals surface area contributed by atoms with Gasteiger partial charge in [0.05, 0.1) is 12.4 Å². The summed E-state index contributed by atoms with van der Waals surface area (Å²) in [6.45, 7) is 0.668. The van der Waals surface area contributed by atoms with Gasteiger partial charge in [0, 0.05) is 11.8 Å². The lowest BCUT2D eigenvalue weighted by Gasteiger charge is -2.09. The summed E-state index contributed by atoms with van der Waals surface area (Å²) in [4.78, 5) is 0. The number of fused-ring (bicyclic) bond motifs is 1. The summed E-state index contributed by atoms with van der Waals surface area (Å²) in [5.74, 6) is 1.18. The quantitative estimate of drug-likeness (QED) is 0.463. The number of hydrogen-bond donors (Lipinski definition) is 2. The lowest BCUT2D eigenvalue weighted by molar-refractivity contribution is 0.311. The van der Waals surface area contributed by atoms with Crippen LogP contribution >= 0.6 is 0 Å². The van der Waals surface area contributed by atoms with E-state index in [0.29, 0.717) is 13.0 Å². The lowest BCUT2D eigenvalue weighted by atomic mass is 10.1. The zero-order valence-corrected chi connectivity index (χ0v) is 10.4. The lowest BCUT2D eigenvalue weighted by Crippen LogP contribution is -2.09. The molecular formula is C15H18N2O. The van der Waals surface area contributed by atoms with E-state index in [0.717, 1.165) is 24.0 Å². The molecule has 0 fully saturated rings. The molecule has 0 aliphatic rings. The fourth-order valence-electron chi connectivity index (χ4n) is 1.92. The first kappa shape index (κ1) is 12.4. The minimum Gasteiger partial charge on any atom is -0.493 e. The van der Waals surface area contributed by atoms with Crippen LogP contribution in [0.1, 0.15) is 19.3 Å². The molecule has 0 unspecified atom stereocenters. The standard InChI is InChI=1S/C15H18N2O/c16-15(17)10-3-4-11-18-14-9-5-7-12-6-1-2-8-13(12)14/h1-2,5-9H,3-4,10-11H2,(H3,16,17). The molecule has 0 bridgehead atoms. The van der Waals surface area contributed by atoms with Crippen LogP contribution in [0.3, 0.4) is 0 Å². The molecule has 3 N–H and O–H groups in total. The average molecular weight is 242 g/mol. The minimum absolute atomic E-state index is 0.250. The Morgan fingerprint density at radius 3 is 2.67 bits per heavy atom. The van der Waals surface area contributed by atoms with Crippen LogP contribution in [-0.4, -0.2) is 12.4 Å². The maximum absolute atomic E-state index is 7.14. The van der Waals surface area contributed by atoms with Crippen molar-refractivity contribution in [1.29, 1.82) is 5.41 Å². The van der Waals surface area contributed by atoms with Crippen LogP contribution in [0.2, 0.25) is 0 Å². The fraction of sp³-hybridized carbons (Fsp3) is 0.267. The van der Waals surface area contributed by atoms with Crippen LogP contribution in [0.4, 0.5) is 0 Å². The second-order valence-corrected chi connectivity index (χ2v) is 4.31. The number of unbranched alkanes of at least 4 members (excludes halogenated alkanes) is 1. The summed E-state index contributed by atoms with van der Waals surface area (Å²) in [6.07, 6.45) is 2.47. The number of ether oxygens (including phenoxy) is 1. The van der Waals surface area contributed by atoms with Gasteiger partial charge in [-0.3, -0.25) is 5.41 Å². The third-order valence-electron chi connectivity index (χ3n) is 2.85. The second-order valence-electron chi connectivity index (χ2n) is 4.31. The Kier molecular flexibility index (Phi) is 4.18. The van der Waals surface area contributed by atoms with Crippen molar-refractivity contribution in [2.45, 2.75) is 19.3 Å². The van der Waals surface area contributed by atoms with Crippen LogP contribution in [0.15, 0.2) is 42.5 Å². The first-order valence-electron chi connectivity index (χ1n) is 6.21. The number of benzene rings is 2. The third-order valence-corrected chi connectivity index (χ3v) is 2.85. The van der Waals surface area contributed by atoms with Gasteiger partial charge in [-0.15, -0.1) is 0 Å². The molecule has 0 aromatic heterocycles. The Morgan fingerprint density at radius 1 is 1.06 bits per heavy atom. The molecule has 3 heteroatoms. The highest BCUT2D eigenvalue weighted by molar-refractivity contribution is 5.88. The summed E-state index contributed by atoms with van der Waals surface area (Å²) >= 11 is 0. The maximum atomic E-state index is 7.14. The van der Waals surface area contributed by atoms with Crippen molar-refractivity contribution >= 4 is 16.6 Å². The molecule has 2 aromatic carbocycles. The van der Waals surface area contributed by atoms with Gasteiger partial charge >= 0.3 is 0 Å². The van der Waals surface area contributed by atoms with Crippen molar-refractivity contribution in [2.24, 2.45) is 5.73 Å². The van der Waals surface area contributed by atoms with Crippen LogP contribution in [0, 0.1) is 5.41 Å². The van der Waals surface area contributed by atoms with Crippen molar-refractivity contribution in [3.63, 3.8) is 0 Å². The summed E-state index contributed by atoms with van der Waals surface area (Å²) in [7, 11) is 0. The van der Waals surface area contributed by atoms with Crippen molar-refractivity contribution < 1.29 is 4.74 Å². The molecule has 0 spiro atoms. The SMILES string of the molecule is N=C(N)CCCCOc1cccc2ccccc12. The molecule has 94 valence electrons. The molecule has 0 saturated heterocycles. The zero-order valence-electron chi connectivity index (χ0n) is 10.4. The molecule has 18 heavy (non-hydrogen) atoms. The number of hydrogen-bond acceptors (Lipinski definition) is 2. The van der Waals surface area contributed by atoms with E-state index in [4.69, 9.17) is 15.9 Å². The highest BCUT2D eigenvalue weighted by Crippen LogP contribution is 2.25. The van der Waals surface area contributed by atoms with Gasteiger partial charge in [0.15, 0.2) is 0 Å². The maximum Gasteiger partial charge on any atom is 0.127 e. The largest absolute Gasteiger partial charge is 0.493 e. The Bertz CT molecular complexity index is 532. The second kappa shape index (κ2) is 6.05. The average Bonchev–Trinajstić information content (AvgIpc) is 2.38. The molecule has 0 heterocycles. The van der Waals surface area contributed by atoms with Crippen molar-refractivity contribution in [2.75, 3.05) is 6.61 Å². The zero-order chi connectivity index (χ0) is 12.8. The van der Waals surface area contributed by atoms with Gasteiger partial charge in [0.25, 0.3) is 0 Å². The Morgan fingerprint density at radius 2 is 1.83 bits per heavy atom. The molecule has 0 radical (unpaired) electrons. The van der Waals surface area contributed by atoms with Crippen LogP contribution < -0.4 is 10.5 Å². The summed E-state index contributed by atoms with van der Waals surface area (Å²) in [5.41, 5.74) is 5.30. The van der Waals surface area contributed by atoms with Gasteiger partial charge in [-0.2, -0.15) is 0 Å². The minimum atomic E-state index is 0.250. The molecule has 0 aliphatic carbocycles. The smallest absolute Gasteiger partial charge is 0.127 e. The summed E-state index contributed by atoms with van der Waals surface area (Å²) in [5, 5.41) is 9.48. The van der Waals surface area contributed by atoms with E-state index in [1.165, 1.54) is 5.39 Å². The Hall–Kier alpha value is -2.03. The van der Waals surface area contributed by atoms with Crippen LogP contribution in [0.25, 0.3) is 10.8 Å². The normalized spacial score (nSPS) is 10.4. The van der Waals surface area contributed by atoms with Crippen LogP contribution in [-0.2, 0) is 0 Å². The third kappa shape index (κ3) is 3.23. The molecule has 0 aliphatic heterocycles. The number of rotatable bonds is 6. The van der Waals surface area contributed by atoms with Gasteiger partial charge in [-0.05, 0) is 24.3 Å². The van der Waals surface area contributed by atoms with Gasteiger partial charge in [0.1, 0.15) is 5.75 Å². The van der Waals surface area contributed by atoms with Gasteiger partial charge < -0.3 is 10.5 Å². The molecular weight excluding hydrogens is 224 g/mol. The van der Waals surface area contributed by atoms with E-state index in [2.05, 4.69) is 18.2 Å². The molecule has 0 saturated carbocycles. The number of amidine groups is 1. The van der Waals surface area contributed by atoms with Gasteiger partial charge in [0.2, 0.25) is 0 Å². The predicted octanol–water partition coefficient (Wildman–Crippen LogP) is 3.32. The Labute approximate surface area is 107 Å². The van der Waals surface area contributed by atoms with Crippen molar-refractivity contribution in [3.8, 4) is 5.75 Å². The molecule has 0 amide bonds. The monoisotopic (exact) mass is 242 g/mol. The summed E-state index contributed by atoms with van der Waals surface area (Å²) < 4.78 is 5.79. The van der Waals surface area contributed by atoms with E-state index in [1.807, 2.05) is 24.3 Å².